The number of carbonyl (C=O) groups is 2. The molecule has 0 saturated carbocycles. The standard InChI is InChI=1S/C16H30O6/c1-4-6-11-21-16(3,22-12-7-5-2)13(15(19)20)9-8-10-14(17)18/h13H,4-12H2,1-3H3,(H,17,18)(H,19,20). The first-order valence-corrected chi connectivity index (χ1v) is 8.09. The molecular formula is C16H30O6. The van der Waals surface area contributed by atoms with E-state index in [0.717, 1.165) is 25.7 Å². The van der Waals surface area contributed by atoms with Gasteiger partial charge in [-0.3, -0.25) is 9.59 Å². The minimum absolute atomic E-state index is 0.0518. The summed E-state index contributed by atoms with van der Waals surface area (Å²) in [6.07, 6.45) is 4.00. The van der Waals surface area contributed by atoms with Crippen LogP contribution in [0.4, 0.5) is 0 Å². The van der Waals surface area contributed by atoms with Gasteiger partial charge in [-0.25, -0.2) is 0 Å². The summed E-state index contributed by atoms with van der Waals surface area (Å²) < 4.78 is 11.5. The van der Waals surface area contributed by atoms with Crippen LogP contribution < -0.4 is 0 Å². The monoisotopic (exact) mass is 318 g/mol. The maximum atomic E-state index is 11.6. The van der Waals surface area contributed by atoms with E-state index in [0.29, 0.717) is 13.2 Å². The van der Waals surface area contributed by atoms with E-state index >= 15 is 0 Å². The molecule has 0 amide bonds. The van der Waals surface area contributed by atoms with E-state index in [2.05, 4.69) is 0 Å². The number of ether oxygens (including phenoxy) is 2. The summed E-state index contributed by atoms with van der Waals surface area (Å²) in [5.41, 5.74) is 0. The minimum Gasteiger partial charge on any atom is -0.481 e. The molecule has 6 nitrogen and oxygen atoms in total. The molecule has 0 bridgehead atoms. The number of aliphatic carboxylic acids is 2. The summed E-state index contributed by atoms with van der Waals surface area (Å²) in [4.78, 5) is 22.2. The van der Waals surface area contributed by atoms with Gasteiger partial charge in [-0.1, -0.05) is 26.7 Å². The predicted octanol–water partition coefficient (Wildman–Crippen LogP) is 3.29. The van der Waals surface area contributed by atoms with Gasteiger partial charge in [0.1, 0.15) is 5.92 Å². The lowest BCUT2D eigenvalue weighted by Gasteiger charge is -2.35. The van der Waals surface area contributed by atoms with Crippen LogP contribution in [0.3, 0.4) is 0 Å². The molecule has 0 rings (SSSR count). The third-order valence-corrected chi connectivity index (χ3v) is 3.59. The third-order valence-electron chi connectivity index (χ3n) is 3.59. The smallest absolute Gasteiger partial charge is 0.311 e. The maximum absolute atomic E-state index is 11.6. The molecule has 0 spiro atoms. The molecule has 0 saturated heterocycles. The quantitative estimate of drug-likeness (QED) is 0.377. The van der Waals surface area contributed by atoms with E-state index in [-0.39, 0.29) is 19.3 Å². The average Bonchev–Trinajstić information content (AvgIpc) is 2.43. The highest BCUT2D eigenvalue weighted by Crippen LogP contribution is 2.29. The zero-order chi connectivity index (χ0) is 17.0. The van der Waals surface area contributed by atoms with Crippen LogP contribution >= 0.6 is 0 Å². The fourth-order valence-electron chi connectivity index (χ4n) is 2.15. The predicted molar refractivity (Wildman–Crippen MR) is 82.7 cm³/mol. The van der Waals surface area contributed by atoms with Crippen molar-refractivity contribution in [3.63, 3.8) is 0 Å². The second-order valence-corrected chi connectivity index (χ2v) is 5.60. The van der Waals surface area contributed by atoms with Crippen molar-refractivity contribution in [2.75, 3.05) is 13.2 Å². The summed E-state index contributed by atoms with van der Waals surface area (Å²) in [5.74, 6) is -4.03. The fourth-order valence-corrected chi connectivity index (χ4v) is 2.15. The van der Waals surface area contributed by atoms with Gasteiger partial charge in [0.05, 0.1) is 13.2 Å². The van der Waals surface area contributed by atoms with Gasteiger partial charge in [-0.15, -0.1) is 0 Å². The Hall–Kier alpha value is -1.14. The first-order valence-electron chi connectivity index (χ1n) is 8.09. The number of hydrogen-bond donors (Lipinski definition) is 2. The average molecular weight is 318 g/mol. The lowest BCUT2D eigenvalue weighted by Crippen LogP contribution is -2.45. The summed E-state index contributed by atoms with van der Waals surface area (Å²) >= 11 is 0. The lowest BCUT2D eigenvalue weighted by atomic mass is 9.93. The van der Waals surface area contributed by atoms with E-state index < -0.39 is 23.6 Å². The highest BCUT2D eigenvalue weighted by atomic mass is 16.7. The van der Waals surface area contributed by atoms with Crippen molar-refractivity contribution in [1.82, 2.24) is 0 Å². The molecule has 0 aliphatic carbocycles. The Morgan fingerprint density at radius 1 is 1.00 bits per heavy atom. The second-order valence-electron chi connectivity index (χ2n) is 5.60. The van der Waals surface area contributed by atoms with E-state index in [4.69, 9.17) is 14.6 Å². The van der Waals surface area contributed by atoms with Gasteiger partial charge in [-0.05, 0) is 32.6 Å². The van der Waals surface area contributed by atoms with Crippen LogP contribution in [-0.2, 0) is 19.1 Å². The Morgan fingerprint density at radius 2 is 1.50 bits per heavy atom. The number of hydrogen-bond acceptors (Lipinski definition) is 4. The van der Waals surface area contributed by atoms with Crippen LogP contribution in [0.2, 0.25) is 0 Å². The topological polar surface area (TPSA) is 93.1 Å². The van der Waals surface area contributed by atoms with Gasteiger partial charge < -0.3 is 19.7 Å². The molecule has 0 heterocycles. The first-order chi connectivity index (χ1) is 10.4. The summed E-state index contributed by atoms with van der Waals surface area (Å²) in [7, 11) is 0. The molecule has 0 aliphatic heterocycles. The molecule has 130 valence electrons. The summed E-state index contributed by atoms with van der Waals surface area (Å²) in [6, 6.07) is 0. The number of carboxylic acid groups (broad SMARTS) is 2. The van der Waals surface area contributed by atoms with Crippen molar-refractivity contribution in [3.05, 3.63) is 0 Å². The third kappa shape index (κ3) is 8.34. The number of rotatable bonds is 14. The second kappa shape index (κ2) is 11.4. The van der Waals surface area contributed by atoms with Crippen LogP contribution in [-0.4, -0.2) is 41.2 Å². The molecule has 2 N–H and O–H groups in total. The van der Waals surface area contributed by atoms with Crippen LogP contribution in [0.5, 0.6) is 0 Å². The summed E-state index contributed by atoms with van der Waals surface area (Å²) in [6.45, 7) is 6.57. The van der Waals surface area contributed by atoms with E-state index in [9.17, 15) is 14.7 Å². The van der Waals surface area contributed by atoms with Gasteiger partial charge >= 0.3 is 11.9 Å². The molecule has 1 unspecified atom stereocenters. The van der Waals surface area contributed by atoms with Gasteiger partial charge in [-0.2, -0.15) is 0 Å². The largest absolute Gasteiger partial charge is 0.481 e. The Kier molecular flexibility index (Phi) is 10.8. The molecule has 1 atom stereocenters. The van der Waals surface area contributed by atoms with Crippen molar-refractivity contribution in [2.24, 2.45) is 5.92 Å². The number of carboxylic acids is 2. The van der Waals surface area contributed by atoms with Gasteiger partial charge in [0, 0.05) is 6.42 Å². The Morgan fingerprint density at radius 3 is 1.86 bits per heavy atom. The molecule has 0 aromatic rings. The molecule has 0 aromatic carbocycles. The fraction of sp³-hybridized carbons (Fsp3) is 0.875. The van der Waals surface area contributed by atoms with Gasteiger partial charge in [0.2, 0.25) is 0 Å². The van der Waals surface area contributed by atoms with Crippen molar-refractivity contribution in [3.8, 4) is 0 Å². The van der Waals surface area contributed by atoms with Crippen LogP contribution in [0.15, 0.2) is 0 Å². The zero-order valence-electron chi connectivity index (χ0n) is 14.0. The highest BCUT2D eigenvalue weighted by Gasteiger charge is 2.41. The van der Waals surface area contributed by atoms with Gasteiger partial charge in [0.25, 0.3) is 0 Å². The number of unbranched alkanes of at least 4 members (excludes halogenated alkanes) is 2. The Labute approximate surface area is 132 Å². The maximum Gasteiger partial charge on any atom is 0.311 e. The molecule has 6 heteroatoms. The minimum atomic E-state index is -1.21. The first kappa shape index (κ1) is 20.9. The van der Waals surface area contributed by atoms with Crippen molar-refractivity contribution in [2.45, 2.75) is 71.5 Å². The highest BCUT2D eigenvalue weighted by molar-refractivity contribution is 5.71. The van der Waals surface area contributed by atoms with Gasteiger partial charge in [0.15, 0.2) is 5.79 Å². The van der Waals surface area contributed by atoms with Crippen LogP contribution in [0.1, 0.15) is 65.7 Å². The van der Waals surface area contributed by atoms with Crippen molar-refractivity contribution >= 4 is 11.9 Å². The SMILES string of the molecule is CCCCOC(C)(OCCCC)C(CCCC(=O)O)C(=O)O. The Bertz CT molecular complexity index is 319. The molecule has 0 fully saturated rings. The zero-order valence-corrected chi connectivity index (χ0v) is 14.0. The molecule has 0 radical (unpaired) electrons. The molecule has 22 heavy (non-hydrogen) atoms. The van der Waals surface area contributed by atoms with E-state index in [1.54, 1.807) is 6.92 Å². The van der Waals surface area contributed by atoms with E-state index in [1.807, 2.05) is 13.8 Å². The Balaban J connectivity index is 4.83. The lowest BCUT2D eigenvalue weighted by molar-refractivity contribution is -0.258. The van der Waals surface area contributed by atoms with Crippen LogP contribution in [0.25, 0.3) is 0 Å². The van der Waals surface area contributed by atoms with Crippen molar-refractivity contribution in [1.29, 1.82) is 0 Å². The molecule has 0 aromatic heterocycles. The molecule has 0 aliphatic rings. The molecular weight excluding hydrogens is 288 g/mol. The van der Waals surface area contributed by atoms with Crippen LogP contribution in [0, 0.1) is 5.92 Å². The van der Waals surface area contributed by atoms with Crippen molar-refractivity contribution < 1.29 is 29.3 Å². The van der Waals surface area contributed by atoms with E-state index in [1.165, 1.54) is 0 Å². The summed E-state index contributed by atoms with van der Waals surface area (Å²) in [5, 5.41) is 18.2. The normalized spacial score (nSPS) is 13.0.